The van der Waals surface area contributed by atoms with Crippen LogP contribution in [0.4, 0.5) is 4.39 Å². The average Bonchev–Trinajstić information content (AvgIpc) is 2.48. The molecule has 1 rings (SSSR count). The standard InChI is InChI=1S/C14H14FNO2/c1-9(15)7-12(10(2)16-3)11-5-4-6-13(17)14(18)8-11/h4-8H,3H2,1-2H3,(H,17,18)/b9-7+,12-10+. The van der Waals surface area contributed by atoms with E-state index in [-0.39, 0.29) is 5.75 Å². The summed E-state index contributed by atoms with van der Waals surface area (Å²) < 4.78 is 13.0. The van der Waals surface area contributed by atoms with Gasteiger partial charge < -0.3 is 5.11 Å². The summed E-state index contributed by atoms with van der Waals surface area (Å²) in [5.74, 6) is -0.762. The lowest BCUT2D eigenvalue weighted by Crippen LogP contribution is -1.95. The molecule has 0 saturated heterocycles. The minimum Gasteiger partial charge on any atom is -0.504 e. The van der Waals surface area contributed by atoms with Crippen LogP contribution in [0.3, 0.4) is 0 Å². The maximum Gasteiger partial charge on any atom is 0.220 e. The fourth-order valence-electron chi connectivity index (χ4n) is 1.44. The summed E-state index contributed by atoms with van der Waals surface area (Å²) in [6, 6.07) is 5.64. The second-order valence-electron chi connectivity index (χ2n) is 3.76. The molecule has 3 nitrogen and oxygen atoms in total. The number of hydrogen-bond acceptors (Lipinski definition) is 3. The summed E-state index contributed by atoms with van der Waals surface area (Å²) >= 11 is 0. The van der Waals surface area contributed by atoms with Gasteiger partial charge in [-0.05, 0) is 44.3 Å². The van der Waals surface area contributed by atoms with Gasteiger partial charge in [-0.15, -0.1) is 0 Å². The van der Waals surface area contributed by atoms with Crippen molar-refractivity contribution in [2.45, 2.75) is 13.8 Å². The largest absolute Gasteiger partial charge is 0.504 e. The number of rotatable bonds is 3. The Hall–Kier alpha value is -2.23. The second-order valence-corrected chi connectivity index (χ2v) is 3.76. The third-order valence-corrected chi connectivity index (χ3v) is 2.35. The second kappa shape index (κ2) is 5.91. The van der Waals surface area contributed by atoms with E-state index in [9.17, 15) is 14.3 Å². The molecule has 0 unspecified atom stereocenters. The normalized spacial score (nSPS) is 12.9. The Morgan fingerprint density at radius 1 is 1.44 bits per heavy atom. The molecule has 1 aromatic rings. The highest BCUT2D eigenvalue weighted by Crippen LogP contribution is 2.21. The summed E-state index contributed by atoms with van der Waals surface area (Å²) in [6.45, 7) is 6.35. The molecular weight excluding hydrogens is 233 g/mol. The molecule has 0 amide bonds. The van der Waals surface area contributed by atoms with Crippen molar-refractivity contribution in [1.82, 2.24) is 0 Å². The molecule has 0 bridgehead atoms. The Bertz CT molecular complexity index is 585. The minimum atomic E-state index is -0.533. The highest BCUT2D eigenvalue weighted by Gasteiger charge is 2.05. The molecule has 94 valence electrons. The summed E-state index contributed by atoms with van der Waals surface area (Å²) in [5, 5.41) is 9.31. The average molecular weight is 247 g/mol. The summed E-state index contributed by atoms with van der Waals surface area (Å²) in [5.41, 5.74) is 0.895. The summed E-state index contributed by atoms with van der Waals surface area (Å²) in [6.07, 6.45) is 1.27. The van der Waals surface area contributed by atoms with Crippen LogP contribution in [0.25, 0.3) is 5.57 Å². The Morgan fingerprint density at radius 3 is 2.67 bits per heavy atom. The maximum absolute atomic E-state index is 13.0. The quantitative estimate of drug-likeness (QED) is 0.659. The van der Waals surface area contributed by atoms with E-state index in [1.807, 2.05) is 0 Å². The van der Waals surface area contributed by atoms with E-state index in [0.717, 1.165) is 0 Å². The van der Waals surface area contributed by atoms with Crippen molar-refractivity contribution in [2.75, 3.05) is 0 Å². The number of hydrogen-bond donors (Lipinski definition) is 1. The first kappa shape index (κ1) is 13.8. The molecule has 0 aliphatic rings. The lowest BCUT2D eigenvalue weighted by Gasteiger charge is -2.03. The van der Waals surface area contributed by atoms with Crippen molar-refractivity contribution in [2.24, 2.45) is 4.99 Å². The van der Waals surface area contributed by atoms with Gasteiger partial charge in [-0.2, -0.15) is 0 Å². The molecule has 0 saturated carbocycles. The molecule has 0 aromatic heterocycles. The van der Waals surface area contributed by atoms with E-state index in [0.29, 0.717) is 16.8 Å². The molecule has 0 fully saturated rings. The topological polar surface area (TPSA) is 49.7 Å². The first-order valence-electron chi connectivity index (χ1n) is 5.31. The van der Waals surface area contributed by atoms with E-state index in [2.05, 4.69) is 11.7 Å². The van der Waals surface area contributed by atoms with Crippen molar-refractivity contribution in [1.29, 1.82) is 0 Å². The van der Waals surface area contributed by atoms with Gasteiger partial charge in [0.15, 0.2) is 5.75 Å². The van der Waals surface area contributed by atoms with Crippen LogP contribution in [0.15, 0.2) is 51.7 Å². The Morgan fingerprint density at radius 2 is 2.11 bits per heavy atom. The molecule has 0 radical (unpaired) electrons. The first-order valence-corrected chi connectivity index (χ1v) is 5.31. The van der Waals surface area contributed by atoms with Crippen molar-refractivity contribution in [3.05, 3.63) is 57.7 Å². The molecule has 4 heteroatoms. The number of nitrogens with zero attached hydrogens (tertiary/aromatic N) is 1. The van der Waals surface area contributed by atoms with Crippen molar-refractivity contribution < 1.29 is 9.50 Å². The zero-order valence-corrected chi connectivity index (χ0v) is 10.3. The third-order valence-electron chi connectivity index (χ3n) is 2.35. The summed E-state index contributed by atoms with van der Waals surface area (Å²) in [7, 11) is 0. The molecule has 18 heavy (non-hydrogen) atoms. The Balaban J connectivity index is 3.56. The smallest absolute Gasteiger partial charge is 0.220 e. The van der Waals surface area contributed by atoms with Crippen LogP contribution >= 0.6 is 0 Å². The number of aromatic hydroxyl groups is 1. The maximum atomic E-state index is 13.0. The fraction of sp³-hybridized carbons (Fsp3) is 0.143. The zero-order valence-electron chi connectivity index (χ0n) is 10.3. The van der Waals surface area contributed by atoms with Crippen LogP contribution in [0.1, 0.15) is 19.4 Å². The van der Waals surface area contributed by atoms with Crippen LogP contribution in [-0.2, 0) is 0 Å². The van der Waals surface area contributed by atoms with Crippen LogP contribution < -0.4 is 5.43 Å². The SMILES string of the molecule is C=N/C(C)=C(\C=C(/C)F)c1cccc(O)c(=O)c1. The molecular formula is C14H14FNO2. The van der Waals surface area contributed by atoms with Gasteiger partial charge in [0.2, 0.25) is 5.43 Å². The molecule has 0 aliphatic carbocycles. The minimum absolute atomic E-state index is 0.356. The predicted molar refractivity (Wildman–Crippen MR) is 71.4 cm³/mol. The first-order chi connectivity index (χ1) is 8.45. The van der Waals surface area contributed by atoms with E-state index in [1.54, 1.807) is 13.0 Å². The molecule has 1 N–H and O–H groups in total. The van der Waals surface area contributed by atoms with Gasteiger partial charge in [0.25, 0.3) is 0 Å². The van der Waals surface area contributed by atoms with Gasteiger partial charge >= 0.3 is 0 Å². The monoisotopic (exact) mass is 247 g/mol. The Kier molecular flexibility index (Phi) is 4.54. The van der Waals surface area contributed by atoms with Gasteiger partial charge in [0, 0.05) is 11.3 Å². The van der Waals surface area contributed by atoms with E-state index >= 15 is 0 Å². The van der Waals surface area contributed by atoms with Crippen LogP contribution in [0, 0.1) is 0 Å². The highest BCUT2D eigenvalue weighted by atomic mass is 19.1. The highest BCUT2D eigenvalue weighted by molar-refractivity contribution is 5.77. The number of halogens is 1. The van der Waals surface area contributed by atoms with Crippen molar-refractivity contribution >= 4 is 12.3 Å². The van der Waals surface area contributed by atoms with Crippen molar-refractivity contribution in [3.63, 3.8) is 0 Å². The lowest BCUT2D eigenvalue weighted by atomic mass is 10.1. The van der Waals surface area contributed by atoms with Gasteiger partial charge in [-0.3, -0.25) is 9.79 Å². The molecule has 0 atom stereocenters. The van der Waals surface area contributed by atoms with Gasteiger partial charge in [0.1, 0.15) is 0 Å². The van der Waals surface area contributed by atoms with E-state index in [1.165, 1.54) is 31.2 Å². The van der Waals surface area contributed by atoms with Gasteiger partial charge in [-0.1, -0.05) is 12.1 Å². The van der Waals surface area contributed by atoms with Gasteiger partial charge in [-0.25, -0.2) is 4.39 Å². The van der Waals surface area contributed by atoms with Crippen LogP contribution in [-0.4, -0.2) is 11.8 Å². The Labute approximate surface area is 105 Å². The van der Waals surface area contributed by atoms with Crippen LogP contribution in [0.5, 0.6) is 5.75 Å². The lowest BCUT2D eigenvalue weighted by molar-refractivity contribution is 0.471. The van der Waals surface area contributed by atoms with E-state index in [4.69, 9.17) is 0 Å². The summed E-state index contributed by atoms with van der Waals surface area (Å²) in [4.78, 5) is 15.3. The molecule has 0 aliphatic heterocycles. The third kappa shape index (κ3) is 3.38. The van der Waals surface area contributed by atoms with Crippen molar-refractivity contribution in [3.8, 4) is 5.75 Å². The molecule has 0 spiro atoms. The zero-order chi connectivity index (χ0) is 13.7. The molecule has 0 heterocycles. The fourth-order valence-corrected chi connectivity index (χ4v) is 1.44. The van der Waals surface area contributed by atoms with E-state index < -0.39 is 11.3 Å². The number of allylic oxidation sites excluding steroid dienone is 4. The number of aliphatic imine (C=N–C) groups is 1. The van der Waals surface area contributed by atoms with Gasteiger partial charge in [0.05, 0.1) is 5.83 Å². The van der Waals surface area contributed by atoms with Crippen LogP contribution in [0.2, 0.25) is 0 Å². The predicted octanol–water partition coefficient (Wildman–Crippen LogP) is 3.06. The molecule has 1 aromatic carbocycles.